The molecule has 0 saturated heterocycles. The predicted molar refractivity (Wildman–Crippen MR) is 84.6 cm³/mol. The van der Waals surface area contributed by atoms with Gasteiger partial charge in [-0.3, -0.25) is 14.9 Å². The smallest absolute Gasteiger partial charge is 0.289 e. The maximum absolute atomic E-state index is 11.9. The van der Waals surface area contributed by atoms with Crippen molar-refractivity contribution in [2.45, 2.75) is 39.0 Å². The van der Waals surface area contributed by atoms with Gasteiger partial charge in [-0.2, -0.15) is 0 Å². The van der Waals surface area contributed by atoms with Gasteiger partial charge in [-0.05, 0) is 25.0 Å². The summed E-state index contributed by atoms with van der Waals surface area (Å²) >= 11 is 5.72. The first-order valence-corrected chi connectivity index (χ1v) is 7.26. The third kappa shape index (κ3) is 5.55. The van der Waals surface area contributed by atoms with E-state index in [9.17, 15) is 14.9 Å². The first-order chi connectivity index (χ1) is 9.95. The van der Waals surface area contributed by atoms with Gasteiger partial charge >= 0.3 is 0 Å². The summed E-state index contributed by atoms with van der Waals surface area (Å²) in [5.74, 6) is -0.317. The molecule has 0 saturated carbocycles. The molecule has 1 rings (SSSR count). The molecule has 0 heterocycles. The second kappa shape index (κ2) is 8.42. The molecular formula is C15H19ClN2O3. The fraction of sp³-hybridized carbons (Fsp3) is 0.400. The topological polar surface area (TPSA) is 72.2 Å². The number of rotatable bonds is 8. The van der Waals surface area contributed by atoms with Crippen molar-refractivity contribution in [3.63, 3.8) is 0 Å². The van der Waals surface area contributed by atoms with E-state index >= 15 is 0 Å². The second-order valence-electron chi connectivity index (χ2n) is 4.79. The molecular weight excluding hydrogens is 292 g/mol. The van der Waals surface area contributed by atoms with E-state index in [-0.39, 0.29) is 16.6 Å². The van der Waals surface area contributed by atoms with E-state index in [4.69, 9.17) is 11.6 Å². The summed E-state index contributed by atoms with van der Waals surface area (Å²) in [6.45, 7) is 5.87. The molecule has 21 heavy (non-hydrogen) atoms. The lowest BCUT2D eigenvalue weighted by Crippen LogP contribution is -2.13. The lowest BCUT2D eigenvalue weighted by molar-refractivity contribution is -0.384. The molecule has 1 aromatic rings. The summed E-state index contributed by atoms with van der Waals surface area (Å²) in [5.41, 5.74) is 0.581. The van der Waals surface area contributed by atoms with Crippen molar-refractivity contribution in [1.82, 2.24) is 0 Å². The number of unbranched alkanes of at least 4 members (excludes halogenated alkanes) is 3. The van der Waals surface area contributed by atoms with E-state index in [1.165, 1.54) is 18.2 Å². The zero-order chi connectivity index (χ0) is 15.8. The molecule has 0 fully saturated rings. The van der Waals surface area contributed by atoms with Gasteiger partial charge in [0.2, 0.25) is 0 Å². The number of nitro groups is 1. The van der Waals surface area contributed by atoms with E-state index < -0.39 is 4.92 Å². The molecule has 1 aromatic carbocycles. The molecule has 0 aliphatic carbocycles. The van der Waals surface area contributed by atoms with Gasteiger partial charge in [0.25, 0.3) is 11.6 Å². The largest absolute Gasteiger partial charge is 0.322 e. The highest BCUT2D eigenvalue weighted by atomic mass is 35.5. The van der Waals surface area contributed by atoms with Crippen molar-refractivity contribution in [3.8, 4) is 0 Å². The summed E-state index contributed by atoms with van der Waals surface area (Å²) < 4.78 is 0. The fourth-order valence-corrected chi connectivity index (χ4v) is 2.02. The highest BCUT2D eigenvalue weighted by Crippen LogP contribution is 2.27. The SMILES string of the molecule is C=C(CCCCCC)C(=O)Nc1ccc(Cl)c([N+](=O)[O-])c1. The van der Waals surface area contributed by atoms with Crippen LogP contribution in [0.3, 0.4) is 0 Å². The van der Waals surface area contributed by atoms with Crippen molar-refractivity contribution >= 4 is 28.9 Å². The average Bonchev–Trinajstić information content (AvgIpc) is 2.45. The Morgan fingerprint density at radius 3 is 2.71 bits per heavy atom. The Morgan fingerprint density at radius 1 is 1.38 bits per heavy atom. The van der Waals surface area contributed by atoms with Crippen molar-refractivity contribution < 1.29 is 9.72 Å². The molecule has 0 spiro atoms. The minimum atomic E-state index is -0.586. The number of hydrogen-bond acceptors (Lipinski definition) is 3. The number of nitrogens with one attached hydrogen (secondary N) is 1. The van der Waals surface area contributed by atoms with Crippen LogP contribution in [0.15, 0.2) is 30.4 Å². The van der Waals surface area contributed by atoms with Crippen LogP contribution in [-0.4, -0.2) is 10.8 Å². The Balaban J connectivity index is 2.60. The molecule has 0 atom stereocenters. The standard InChI is InChI=1S/C15H19ClN2O3/c1-3-4-5-6-7-11(2)15(19)17-12-8-9-13(16)14(10-12)18(20)21/h8-10H,2-7H2,1H3,(H,17,19). The zero-order valence-corrected chi connectivity index (χ0v) is 12.8. The van der Waals surface area contributed by atoms with Crippen LogP contribution in [0, 0.1) is 10.1 Å². The van der Waals surface area contributed by atoms with Gasteiger partial charge in [-0.25, -0.2) is 0 Å². The monoisotopic (exact) mass is 310 g/mol. The molecule has 0 radical (unpaired) electrons. The second-order valence-corrected chi connectivity index (χ2v) is 5.20. The molecule has 5 nitrogen and oxygen atoms in total. The van der Waals surface area contributed by atoms with Gasteiger partial charge in [0, 0.05) is 17.3 Å². The molecule has 0 aromatic heterocycles. The number of amides is 1. The van der Waals surface area contributed by atoms with Gasteiger partial charge in [-0.15, -0.1) is 0 Å². The molecule has 0 bridgehead atoms. The summed E-state index contributed by atoms with van der Waals surface area (Å²) in [5, 5.41) is 13.4. The van der Waals surface area contributed by atoms with Crippen molar-refractivity contribution in [2.75, 3.05) is 5.32 Å². The number of hydrogen-bond donors (Lipinski definition) is 1. The van der Waals surface area contributed by atoms with E-state index in [1.54, 1.807) is 0 Å². The average molecular weight is 311 g/mol. The zero-order valence-electron chi connectivity index (χ0n) is 12.0. The summed E-state index contributed by atoms with van der Waals surface area (Å²) in [6.07, 6.45) is 4.88. The number of benzene rings is 1. The summed E-state index contributed by atoms with van der Waals surface area (Å²) in [7, 11) is 0. The number of nitrogens with zero attached hydrogens (tertiary/aromatic N) is 1. The highest BCUT2D eigenvalue weighted by molar-refractivity contribution is 6.32. The molecule has 0 unspecified atom stereocenters. The van der Waals surface area contributed by atoms with Gasteiger partial charge in [0.05, 0.1) is 4.92 Å². The van der Waals surface area contributed by atoms with E-state index in [1.807, 2.05) is 0 Å². The van der Waals surface area contributed by atoms with Crippen LogP contribution in [-0.2, 0) is 4.79 Å². The van der Waals surface area contributed by atoms with E-state index in [0.29, 0.717) is 17.7 Å². The maximum atomic E-state index is 11.9. The van der Waals surface area contributed by atoms with E-state index in [0.717, 1.165) is 25.7 Å². The predicted octanol–water partition coefficient (Wildman–Crippen LogP) is 4.71. The lowest BCUT2D eigenvalue weighted by Gasteiger charge is -2.08. The van der Waals surface area contributed by atoms with Gasteiger partial charge in [0.1, 0.15) is 5.02 Å². The Labute approximate surface area is 129 Å². The van der Waals surface area contributed by atoms with Gasteiger partial charge in [-0.1, -0.05) is 44.4 Å². The van der Waals surface area contributed by atoms with Gasteiger partial charge in [0.15, 0.2) is 0 Å². The Hall–Kier alpha value is -1.88. The maximum Gasteiger partial charge on any atom is 0.289 e. The van der Waals surface area contributed by atoms with Crippen LogP contribution >= 0.6 is 11.6 Å². The first-order valence-electron chi connectivity index (χ1n) is 6.88. The molecule has 6 heteroatoms. The molecule has 1 N–H and O–H groups in total. The number of nitro benzene ring substituents is 1. The van der Waals surface area contributed by atoms with Crippen molar-refractivity contribution in [1.29, 1.82) is 0 Å². The highest BCUT2D eigenvalue weighted by Gasteiger charge is 2.14. The molecule has 1 amide bonds. The normalized spacial score (nSPS) is 10.2. The third-order valence-electron chi connectivity index (χ3n) is 3.05. The van der Waals surface area contributed by atoms with Crippen molar-refractivity contribution in [2.24, 2.45) is 0 Å². The first kappa shape index (κ1) is 17.2. The van der Waals surface area contributed by atoms with Crippen LogP contribution in [0.4, 0.5) is 11.4 Å². The Bertz CT molecular complexity index is 544. The van der Waals surface area contributed by atoms with Crippen molar-refractivity contribution in [3.05, 3.63) is 45.5 Å². The summed E-state index contributed by atoms with van der Waals surface area (Å²) in [6, 6.07) is 4.15. The Kier molecular flexibility index (Phi) is 6.88. The molecule has 114 valence electrons. The van der Waals surface area contributed by atoms with Crippen LogP contribution in [0.25, 0.3) is 0 Å². The van der Waals surface area contributed by atoms with Crippen LogP contribution < -0.4 is 5.32 Å². The quantitative estimate of drug-likeness (QED) is 0.327. The Morgan fingerprint density at radius 2 is 2.10 bits per heavy atom. The number of anilines is 1. The van der Waals surface area contributed by atoms with Crippen LogP contribution in [0.5, 0.6) is 0 Å². The molecule has 0 aliphatic heterocycles. The van der Waals surface area contributed by atoms with Crippen LogP contribution in [0.2, 0.25) is 5.02 Å². The summed E-state index contributed by atoms with van der Waals surface area (Å²) in [4.78, 5) is 22.1. The van der Waals surface area contributed by atoms with Crippen LogP contribution in [0.1, 0.15) is 39.0 Å². The van der Waals surface area contributed by atoms with E-state index in [2.05, 4.69) is 18.8 Å². The molecule has 0 aliphatic rings. The number of halogens is 1. The number of carbonyl (C=O) groups excluding carboxylic acids is 1. The lowest BCUT2D eigenvalue weighted by atomic mass is 10.1. The van der Waals surface area contributed by atoms with Gasteiger partial charge < -0.3 is 5.32 Å². The minimum Gasteiger partial charge on any atom is -0.322 e. The number of carbonyl (C=O) groups is 1. The minimum absolute atomic E-state index is 0.0383. The fourth-order valence-electron chi connectivity index (χ4n) is 1.83. The third-order valence-corrected chi connectivity index (χ3v) is 3.37.